The van der Waals surface area contributed by atoms with E-state index in [4.69, 9.17) is 0 Å². The molecule has 0 spiro atoms. The van der Waals surface area contributed by atoms with Gasteiger partial charge < -0.3 is 15.2 Å². The number of ether oxygens (including phenoxy) is 1. The minimum Gasteiger partial charge on any atom is -0.435 e. The van der Waals surface area contributed by atoms with Gasteiger partial charge >= 0.3 is 12.6 Å². The van der Waals surface area contributed by atoms with Crippen LogP contribution in [-0.4, -0.2) is 27.0 Å². The monoisotopic (exact) mass is 353 g/mol. The zero-order valence-electron chi connectivity index (χ0n) is 12.2. The Labute approximate surface area is 140 Å². The minimum absolute atomic E-state index is 0.0483. The molecule has 1 unspecified atom stereocenters. The third-order valence-corrected chi connectivity index (χ3v) is 4.35. The van der Waals surface area contributed by atoms with Crippen molar-refractivity contribution in [2.24, 2.45) is 0 Å². The summed E-state index contributed by atoms with van der Waals surface area (Å²) in [4.78, 5) is 16.3. The van der Waals surface area contributed by atoms with Crippen molar-refractivity contribution < 1.29 is 23.4 Å². The molecule has 2 amide bonds. The van der Waals surface area contributed by atoms with E-state index in [2.05, 4.69) is 15.0 Å². The van der Waals surface area contributed by atoms with Crippen molar-refractivity contribution in [1.82, 2.24) is 14.6 Å². The maximum absolute atomic E-state index is 12.2. The second kappa shape index (κ2) is 7.02. The number of urea groups is 1. The number of rotatable bonds is 4. The molecule has 1 aromatic carbocycles. The number of nitrogens with zero attached hydrogens (tertiary/aromatic N) is 2. The molecular formula is C15H13F2N3O3S. The van der Waals surface area contributed by atoms with Crippen LogP contribution in [0.2, 0.25) is 0 Å². The maximum atomic E-state index is 12.2. The fraction of sp³-hybridized carbons (Fsp3) is 0.200. The first-order valence-corrected chi connectivity index (χ1v) is 7.73. The highest BCUT2D eigenvalue weighted by Crippen LogP contribution is 2.40. The van der Waals surface area contributed by atoms with Gasteiger partial charge in [0.1, 0.15) is 10.8 Å². The lowest BCUT2D eigenvalue weighted by molar-refractivity contribution is -0.0498. The standard InChI is InChI=1S/C15H13F2N3O3S/c16-14(17)23-10-5-3-9(4-6-10)8-19-15(22)20-13(21)11-2-1-7-18-12(11)24-20/h1-7,13-14,21H,8H2,(H,19,22). The number of aliphatic hydroxyl groups excluding tert-OH is 1. The highest BCUT2D eigenvalue weighted by atomic mass is 32.2. The zero-order valence-corrected chi connectivity index (χ0v) is 13.0. The lowest BCUT2D eigenvalue weighted by Crippen LogP contribution is -2.35. The molecule has 6 nitrogen and oxygen atoms in total. The molecule has 0 aliphatic carbocycles. The van der Waals surface area contributed by atoms with E-state index < -0.39 is 18.9 Å². The molecule has 2 heterocycles. The van der Waals surface area contributed by atoms with Gasteiger partial charge in [0.15, 0.2) is 6.23 Å². The molecule has 9 heteroatoms. The van der Waals surface area contributed by atoms with Crippen molar-refractivity contribution in [2.45, 2.75) is 24.4 Å². The van der Waals surface area contributed by atoms with Crippen LogP contribution in [0.15, 0.2) is 47.6 Å². The topological polar surface area (TPSA) is 74.7 Å². The van der Waals surface area contributed by atoms with Crippen LogP contribution in [0.5, 0.6) is 5.75 Å². The Morgan fingerprint density at radius 1 is 1.38 bits per heavy atom. The smallest absolute Gasteiger partial charge is 0.387 e. The van der Waals surface area contributed by atoms with Gasteiger partial charge in [-0.05, 0) is 23.8 Å². The first-order chi connectivity index (χ1) is 11.5. The molecule has 1 atom stereocenters. The molecule has 0 bridgehead atoms. The molecule has 2 N–H and O–H groups in total. The number of halogens is 2. The van der Waals surface area contributed by atoms with Crippen molar-refractivity contribution in [2.75, 3.05) is 0 Å². The summed E-state index contributed by atoms with van der Waals surface area (Å²) in [6.07, 6.45) is 0.517. The first-order valence-electron chi connectivity index (χ1n) is 6.96. The molecule has 2 aromatic rings. The predicted octanol–water partition coefficient (Wildman–Crippen LogP) is 2.91. The number of alkyl halides is 2. The number of pyridine rings is 1. The lowest BCUT2D eigenvalue weighted by Gasteiger charge is -2.19. The summed E-state index contributed by atoms with van der Waals surface area (Å²) in [5.41, 5.74) is 1.28. The summed E-state index contributed by atoms with van der Waals surface area (Å²) in [5, 5.41) is 13.4. The van der Waals surface area contributed by atoms with Crippen molar-refractivity contribution in [1.29, 1.82) is 0 Å². The molecule has 24 heavy (non-hydrogen) atoms. The number of hydrogen-bond acceptors (Lipinski definition) is 5. The first kappa shape index (κ1) is 16.5. The Bertz CT molecular complexity index is 730. The van der Waals surface area contributed by atoms with Gasteiger partial charge in [0.25, 0.3) is 0 Å². The fourth-order valence-corrected chi connectivity index (χ4v) is 3.08. The Balaban J connectivity index is 1.57. The molecule has 0 radical (unpaired) electrons. The average molecular weight is 353 g/mol. The minimum atomic E-state index is -2.88. The summed E-state index contributed by atoms with van der Waals surface area (Å²) < 4.78 is 29.6. The number of amides is 2. The average Bonchev–Trinajstić information content (AvgIpc) is 2.91. The van der Waals surface area contributed by atoms with Crippen molar-refractivity contribution in [3.63, 3.8) is 0 Å². The Morgan fingerprint density at radius 3 is 2.79 bits per heavy atom. The van der Waals surface area contributed by atoms with E-state index in [1.807, 2.05) is 0 Å². The van der Waals surface area contributed by atoms with Crippen LogP contribution in [0.3, 0.4) is 0 Å². The molecule has 0 saturated heterocycles. The van der Waals surface area contributed by atoms with Crippen LogP contribution < -0.4 is 10.1 Å². The number of carbonyl (C=O) groups is 1. The van der Waals surface area contributed by atoms with Crippen molar-refractivity contribution in [3.8, 4) is 5.75 Å². The van der Waals surface area contributed by atoms with E-state index in [0.717, 1.165) is 11.9 Å². The van der Waals surface area contributed by atoms with Gasteiger partial charge in [-0.2, -0.15) is 8.78 Å². The Kier molecular flexibility index (Phi) is 4.81. The number of fused-ring (bicyclic) bond motifs is 1. The molecule has 1 aromatic heterocycles. The quantitative estimate of drug-likeness (QED) is 0.827. The zero-order chi connectivity index (χ0) is 17.1. The van der Waals surface area contributed by atoms with Crippen molar-refractivity contribution >= 4 is 18.0 Å². The van der Waals surface area contributed by atoms with Gasteiger partial charge in [-0.1, -0.05) is 18.2 Å². The largest absolute Gasteiger partial charge is 0.435 e. The molecule has 3 rings (SSSR count). The van der Waals surface area contributed by atoms with E-state index in [1.54, 1.807) is 30.5 Å². The molecule has 126 valence electrons. The number of nitrogens with one attached hydrogen (secondary N) is 1. The van der Waals surface area contributed by atoms with Crippen LogP contribution in [0.1, 0.15) is 17.4 Å². The van der Waals surface area contributed by atoms with E-state index in [-0.39, 0.29) is 12.3 Å². The van der Waals surface area contributed by atoms with E-state index in [9.17, 15) is 18.7 Å². The summed E-state index contributed by atoms with van der Waals surface area (Å²) in [7, 11) is 0. The Hall–Kier alpha value is -2.39. The van der Waals surface area contributed by atoms with Gasteiger partial charge in [0.05, 0.1) is 0 Å². The van der Waals surface area contributed by atoms with E-state index in [1.165, 1.54) is 16.4 Å². The third kappa shape index (κ3) is 3.57. The fourth-order valence-electron chi connectivity index (χ4n) is 2.14. The summed E-state index contributed by atoms with van der Waals surface area (Å²) >= 11 is 1.05. The van der Waals surface area contributed by atoms with E-state index >= 15 is 0 Å². The number of aromatic nitrogens is 1. The van der Waals surface area contributed by atoms with Crippen LogP contribution in [-0.2, 0) is 6.54 Å². The maximum Gasteiger partial charge on any atom is 0.387 e. The SMILES string of the molecule is O=C(NCc1ccc(OC(F)F)cc1)N1Sc2ncccc2C1O. The summed E-state index contributed by atoms with van der Waals surface area (Å²) in [5.74, 6) is 0.0483. The van der Waals surface area contributed by atoms with Gasteiger partial charge in [-0.15, -0.1) is 0 Å². The van der Waals surface area contributed by atoms with Crippen LogP contribution in [0.25, 0.3) is 0 Å². The second-order valence-corrected chi connectivity index (χ2v) is 5.83. The number of aliphatic hydroxyl groups is 1. The summed E-state index contributed by atoms with van der Waals surface area (Å²) in [6, 6.07) is 8.85. The number of benzene rings is 1. The van der Waals surface area contributed by atoms with Crippen LogP contribution in [0, 0.1) is 0 Å². The number of carbonyl (C=O) groups excluding carboxylic acids is 1. The van der Waals surface area contributed by atoms with Gasteiger partial charge in [-0.3, -0.25) is 0 Å². The molecule has 0 saturated carbocycles. The molecular weight excluding hydrogens is 340 g/mol. The molecule has 1 aliphatic heterocycles. The Morgan fingerprint density at radius 2 is 2.12 bits per heavy atom. The van der Waals surface area contributed by atoms with Crippen molar-refractivity contribution in [3.05, 3.63) is 53.7 Å². The molecule has 1 aliphatic rings. The van der Waals surface area contributed by atoms with Crippen LogP contribution >= 0.6 is 11.9 Å². The third-order valence-electron chi connectivity index (χ3n) is 3.28. The van der Waals surface area contributed by atoms with Gasteiger partial charge in [0, 0.05) is 30.3 Å². The van der Waals surface area contributed by atoms with Gasteiger partial charge in [0.2, 0.25) is 0 Å². The normalized spacial score (nSPS) is 16.2. The highest BCUT2D eigenvalue weighted by molar-refractivity contribution is 7.97. The number of hydrogen-bond donors (Lipinski definition) is 2. The lowest BCUT2D eigenvalue weighted by atomic mass is 10.2. The van der Waals surface area contributed by atoms with Gasteiger partial charge in [-0.25, -0.2) is 14.1 Å². The van der Waals surface area contributed by atoms with E-state index in [0.29, 0.717) is 16.2 Å². The van der Waals surface area contributed by atoms with Crippen LogP contribution in [0.4, 0.5) is 13.6 Å². The highest BCUT2D eigenvalue weighted by Gasteiger charge is 2.34. The second-order valence-electron chi connectivity index (χ2n) is 4.87. The molecule has 0 fully saturated rings. The predicted molar refractivity (Wildman–Crippen MR) is 82.2 cm³/mol. The summed E-state index contributed by atoms with van der Waals surface area (Å²) in [6.45, 7) is -2.69.